The van der Waals surface area contributed by atoms with Crippen LogP contribution >= 0.6 is 0 Å². The molecule has 106 valence electrons. The molecule has 1 fully saturated rings. The summed E-state index contributed by atoms with van der Waals surface area (Å²) in [4.78, 5) is 13.9. The molecule has 0 aromatic carbocycles. The first-order valence-electron chi connectivity index (χ1n) is 6.80. The largest absolute Gasteiger partial charge is 0.394 e. The van der Waals surface area contributed by atoms with Crippen LogP contribution in [-0.4, -0.2) is 54.4 Å². The Bertz CT molecular complexity index is 251. The Morgan fingerprint density at radius 3 is 2.56 bits per heavy atom. The van der Waals surface area contributed by atoms with Crippen LogP contribution in [0.5, 0.6) is 0 Å². The van der Waals surface area contributed by atoms with Crippen LogP contribution in [0.25, 0.3) is 0 Å². The Balaban J connectivity index is 2.27. The summed E-state index contributed by atoms with van der Waals surface area (Å²) in [5.41, 5.74) is 5.92. The van der Waals surface area contributed by atoms with Crippen LogP contribution in [0.3, 0.4) is 0 Å². The van der Waals surface area contributed by atoms with E-state index in [1.54, 1.807) is 0 Å². The van der Waals surface area contributed by atoms with E-state index >= 15 is 0 Å². The minimum atomic E-state index is -0.0548. The molecule has 1 aliphatic rings. The summed E-state index contributed by atoms with van der Waals surface area (Å²) in [5.74, 6) is 0.483. The molecule has 5 nitrogen and oxygen atoms in total. The van der Waals surface area contributed by atoms with E-state index in [0.717, 1.165) is 25.9 Å². The maximum Gasteiger partial charge on any atom is 0.224 e. The second-order valence-electron chi connectivity index (χ2n) is 5.29. The van der Waals surface area contributed by atoms with Gasteiger partial charge in [0, 0.05) is 25.6 Å². The van der Waals surface area contributed by atoms with Crippen molar-refractivity contribution in [3.05, 3.63) is 0 Å². The van der Waals surface area contributed by atoms with Gasteiger partial charge in [-0.25, -0.2) is 0 Å². The highest BCUT2D eigenvalue weighted by Crippen LogP contribution is 2.15. The van der Waals surface area contributed by atoms with Crippen LogP contribution in [-0.2, 0) is 9.53 Å². The maximum atomic E-state index is 12.0. The first kappa shape index (κ1) is 15.4. The van der Waals surface area contributed by atoms with E-state index in [4.69, 9.17) is 15.6 Å². The van der Waals surface area contributed by atoms with Gasteiger partial charge in [-0.2, -0.15) is 0 Å². The van der Waals surface area contributed by atoms with Gasteiger partial charge in [0.15, 0.2) is 0 Å². The number of carbonyl (C=O) groups excluding carboxylic acids is 1. The molecule has 0 aromatic heterocycles. The van der Waals surface area contributed by atoms with Crippen LogP contribution in [0.1, 0.15) is 33.1 Å². The summed E-state index contributed by atoms with van der Waals surface area (Å²) < 4.78 is 5.47. The predicted molar refractivity (Wildman–Crippen MR) is 70.1 cm³/mol. The molecule has 1 rings (SSSR count). The molecule has 0 bridgehead atoms. The third kappa shape index (κ3) is 4.92. The number of ether oxygens (including phenoxy) is 1. The molecule has 1 amide bonds. The topological polar surface area (TPSA) is 75.8 Å². The maximum absolute atomic E-state index is 12.0. The van der Waals surface area contributed by atoms with Crippen molar-refractivity contribution >= 4 is 5.91 Å². The Kier molecular flexibility index (Phi) is 6.60. The first-order valence-corrected chi connectivity index (χ1v) is 6.80. The minimum Gasteiger partial charge on any atom is -0.394 e. The molecule has 1 unspecified atom stereocenters. The molecule has 0 saturated carbocycles. The van der Waals surface area contributed by atoms with E-state index in [2.05, 4.69) is 0 Å². The van der Waals surface area contributed by atoms with Crippen LogP contribution in [0.4, 0.5) is 0 Å². The zero-order chi connectivity index (χ0) is 13.5. The predicted octanol–water partition coefficient (Wildman–Crippen LogP) is 0.360. The highest BCUT2D eigenvalue weighted by Gasteiger charge is 2.24. The van der Waals surface area contributed by atoms with Gasteiger partial charge in [-0.15, -0.1) is 0 Å². The van der Waals surface area contributed by atoms with E-state index in [1.165, 1.54) is 0 Å². The lowest BCUT2D eigenvalue weighted by Gasteiger charge is -2.32. The first-order chi connectivity index (χ1) is 8.54. The molecule has 0 aliphatic carbocycles. The number of carbonyl (C=O) groups is 1. The molecule has 3 N–H and O–H groups in total. The Hall–Kier alpha value is -0.650. The van der Waals surface area contributed by atoms with Gasteiger partial charge >= 0.3 is 0 Å². The lowest BCUT2D eigenvalue weighted by molar-refractivity contribution is -0.134. The third-order valence-corrected chi connectivity index (χ3v) is 3.51. The van der Waals surface area contributed by atoms with Crippen LogP contribution < -0.4 is 5.73 Å². The number of hydrogen-bond acceptors (Lipinski definition) is 4. The van der Waals surface area contributed by atoms with Crippen LogP contribution in [0.2, 0.25) is 0 Å². The Morgan fingerprint density at radius 2 is 2.06 bits per heavy atom. The molecule has 5 heteroatoms. The summed E-state index contributed by atoms with van der Waals surface area (Å²) in [6.07, 6.45) is 2.31. The number of amides is 1. The van der Waals surface area contributed by atoms with Crippen molar-refractivity contribution in [2.45, 2.75) is 45.3 Å². The molecule has 0 spiro atoms. The SMILES string of the molecule is CC(C)C(N)CC(=O)N1CCC(OCCO)CC1. The van der Waals surface area contributed by atoms with Crippen LogP contribution in [0, 0.1) is 5.92 Å². The minimum absolute atomic E-state index is 0.0548. The van der Waals surface area contributed by atoms with Gasteiger partial charge in [0.1, 0.15) is 0 Å². The second-order valence-corrected chi connectivity index (χ2v) is 5.29. The standard InChI is InChI=1S/C13H26N2O3/c1-10(2)12(14)9-13(17)15-5-3-11(4-6-15)18-8-7-16/h10-12,16H,3-9,14H2,1-2H3. The van der Waals surface area contributed by atoms with Crippen molar-refractivity contribution in [1.29, 1.82) is 0 Å². The van der Waals surface area contributed by atoms with E-state index in [1.807, 2.05) is 18.7 Å². The number of piperidine rings is 1. The van der Waals surface area contributed by atoms with E-state index in [-0.39, 0.29) is 24.7 Å². The zero-order valence-corrected chi connectivity index (χ0v) is 11.5. The van der Waals surface area contributed by atoms with Crippen molar-refractivity contribution in [3.63, 3.8) is 0 Å². The van der Waals surface area contributed by atoms with Crippen LogP contribution in [0.15, 0.2) is 0 Å². The molecule has 1 aliphatic heterocycles. The lowest BCUT2D eigenvalue weighted by Crippen LogP contribution is -2.43. The highest BCUT2D eigenvalue weighted by molar-refractivity contribution is 5.76. The van der Waals surface area contributed by atoms with Gasteiger partial charge < -0.3 is 20.5 Å². The summed E-state index contributed by atoms with van der Waals surface area (Å²) in [6, 6.07) is -0.0548. The quantitative estimate of drug-likeness (QED) is 0.721. The number of nitrogens with zero attached hydrogens (tertiary/aromatic N) is 1. The van der Waals surface area contributed by atoms with E-state index < -0.39 is 0 Å². The van der Waals surface area contributed by atoms with Gasteiger partial charge in [0.25, 0.3) is 0 Å². The fourth-order valence-electron chi connectivity index (χ4n) is 2.06. The second kappa shape index (κ2) is 7.71. The van der Waals surface area contributed by atoms with E-state index in [0.29, 0.717) is 18.9 Å². The molecule has 0 radical (unpaired) electrons. The van der Waals surface area contributed by atoms with E-state index in [9.17, 15) is 4.79 Å². The molecule has 0 aromatic rings. The monoisotopic (exact) mass is 258 g/mol. The zero-order valence-electron chi connectivity index (χ0n) is 11.5. The Morgan fingerprint density at radius 1 is 1.44 bits per heavy atom. The number of likely N-dealkylation sites (tertiary alicyclic amines) is 1. The van der Waals surface area contributed by atoms with Crippen molar-refractivity contribution in [1.82, 2.24) is 4.90 Å². The molecule has 1 atom stereocenters. The number of hydrogen-bond donors (Lipinski definition) is 2. The summed E-state index contributed by atoms with van der Waals surface area (Å²) in [6.45, 7) is 5.98. The smallest absolute Gasteiger partial charge is 0.224 e. The number of nitrogens with two attached hydrogens (primary N) is 1. The average molecular weight is 258 g/mol. The third-order valence-electron chi connectivity index (χ3n) is 3.51. The lowest BCUT2D eigenvalue weighted by atomic mass is 10.0. The molecular formula is C13H26N2O3. The van der Waals surface area contributed by atoms with Crippen molar-refractivity contribution in [3.8, 4) is 0 Å². The molecular weight excluding hydrogens is 232 g/mol. The number of rotatable bonds is 6. The molecule has 1 saturated heterocycles. The summed E-state index contributed by atoms with van der Waals surface area (Å²) >= 11 is 0. The van der Waals surface area contributed by atoms with Gasteiger partial charge in [-0.1, -0.05) is 13.8 Å². The highest BCUT2D eigenvalue weighted by atomic mass is 16.5. The van der Waals surface area contributed by atoms with Gasteiger partial charge in [-0.3, -0.25) is 4.79 Å². The Labute approximate surface area is 109 Å². The molecule has 1 heterocycles. The van der Waals surface area contributed by atoms with Gasteiger partial charge in [-0.05, 0) is 18.8 Å². The molecule has 18 heavy (non-hydrogen) atoms. The van der Waals surface area contributed by atoms with Crippen molar-refractivity contribution in [2.75, 3.05) is 26.3 Å². The average Bonchev–Trinajstić information content (AvgIpc) is 2.36. The fourth-order valence-corrected chi connectivity index (χ4v) is 2.06. The van der Waals surface area contributed by atoms with Gasteiger partial charge in [0.2, 0.25) is 5.91 Å². The fraction of sp³-hybridized carbons (Fsp3) is 0.923. The van der Waals surface area contributed by atoms with Crippen molar-refractivity contribution in [2.24, 2.45) is 11.7 Å². The summed E-state index contributed by atoms with van der Waals surface area (Å²) in [7, 11) is 0. The normalized spacial score (nSPS) is 19.3. The number of aliphatic hydroxyl groups excluding tert-OH is 1. The van der Waals surface area contributed by atoms with Gasteiger partial charge in [0.05, 0.1) is 19.3 Å². The summed E-state index contributed by atoms with van der Waals surface area (Å²) in [5, 5.41) is 8.68. The number of aliphatic hydroxyl groups is 1. The van der Waals surface area contributed by atoms with Crippen molar-refractivity contribution < 1.29 is 14.6 Å².